The lowest BCUT2D eigenvalue weighted by Gasteiger charge is -2.34. The van der Waals surface area contributed by atoms with E-state index in [0.29, 0.717) is 19.7 Å². The molecule has 0 unspecified atom stereocenters. The first kappa shape index (κ1) is 19.3. The van der Waals surface area contributed by atoms with Crippen LogP contribution in [0.5, 0.6) is 0 Å². The third-order valence-electron chi connectivity index (χ3n) is 4.85. The minimum atomic E-state index is -0.243. The topological polar surface area (TPSA) is 83.5 Å². The molecule has 1 fully saturated rings. The molecular weight excluding hydrogens is 346 g/mol. The highest BCUT2D eigenvalue weighted by atomic mass is 16.5. The molecule has 146 valence electrons. The summed E-state index contributed by atoms with van der Waals surface area (Å²) in [6, 6.07) is 4.91. The van der Waals surface area contributed by atoms with Crippen LogP contribution in [0.25, 0.3) is 0 Å². The van der Waals surface area contributed by atoms with Crippen molar-refractivity contribution in [1.82, 2.24) is 24.6 Å². The average molecular weight is 373 g/mol. The number of morpholine rings is 1. The standard InChI is InChI=1S/C19H27N5O3/c1-13-9-15(14(2)20-13)10-24(12-16-11-22(3)7-8-27-16)19(26)17-5-6-18(25)23(4)21-17/h5-6,9,16,20H,7-8,10-12H2,1-4H3/t16-/m1/s1. The van der Waals surface area contributed by atoms with E-state index in [4.69, 9.17) is 4.74 Å². The molecule has 0 spiro atoms. The summed E-state index contributed by atoms with van der Waals surface area (Å²) in [4.78, 5) is 32.0. The average Bonchev–Trinajstić information content (AvgIpc) is 2.93. The Morgan fingerprint density at radius 3 is 2.78 bits per heavy atom. The number of amides is 1. The predicted molar refractivity (Wildman–Crippen MR) is 102 cm³/mol. The monoisotopic (exact) mass is 373 g/mol. The SMILES string of the molecule is Cc1cc(CN(C[C@H]2CN(C)CCO2)C(=O)c2ccc(=O)n(C)n2)c(C)[nH]1. The molecule has 27 heavy (non-hydrogen) atoms. The summed E-state index contributed by atoms with van der Waals surface area (Å²) in [5.41, 5.74) is 3.18. The van der Waals surface area contributed by atoms with E-state index >= 15 is 0 Å². The maximum Gasteiger partial charge on any atom is 0.274 e. The fourth-order valence-electron chi connectivity index (χ4n) is 3.37. The number of nitrogens with one attached hydrogen (secondary N) is 1. The number of carbonyl (C=O) groups excluding carboxylic acids is 1. The van der Waals surface area contributed by atoms with Crippen LogP contribution in [-0.2, 0) is 18.3 Å². The molecule has 3 rings (SSSR count). The van der Waals surface area contributed by atoms with Crippen molar-refractivity contribution in [3.63, 3.8) is 0 Å². The number of ether oxygens (including phenoxy) is 1. The summed E-state index contributed by atoms with van der Waals surface area (Å²) >= 11 is 0. The Kier molecular flexibility index (Phi) is 5.76. The summed E-state index contributed by atoms with van der Waals surface area (Å²) in [5.74, 6) is -0.208. The minimum absolute atomic E-state index is 0.0550. The number of aromatic nitrogens is 3. The van der Waals surface area contributed by atoms with Gasteiger partial charge < -0.3 is 19.5 Å². The van der Waals surface area contributed by atoms with Gasteiger partial charge in [-0.3, -0.25) is 9.59 Å². The number of nitrogens with zero attached hydrogens (tertiary/aromatic N) is 4. The molecule has 2 aromatic heterocycles. The van der Waals surface area contributed by atoms with Crippen LogP contribution in [0.15, 0.2) is 23.0 Å². The summed E-state index contributed by atoms with van der Waals surface area (Å²) in [5, 5.41) is 4.12. The number of hydrogen-bond acceptors (Lipinski definition) is 5. The van der Waals surface area contributed by atoms with E-state index in [1.54, 1.807) is 11.9 Å². The second-order valence-electron chi connectivity index (χ2n) is 7.22. The molecule has 8 nitrogen and oxygen atoms in total. The number of aryl methyl sites for hydroxylation is 3. The molecule has 8 heteroatoms. The van der Waals surface area contributed by atoms with Crippen molar-refractivity contribution in [3.05, 3.63) is 51.2 Å². The lowest BCUT2D eigenvalue weighted by atomic mass is 10.2. The van der Waals surface area contributed by atoms with Crippen LogP contribution in [-0.4, -0.2) is 69.9 Å². The van der Waals surface area contributed by atoms with E-state index < -0.39 is 0 Å². The molecule has 0 aromatic carbocycles. The molecule has 1 N–H and O–H groups in total. The summed E-state index contributed by atoms with van der Waals surface area (Å²) < 4.78 is 7.04. The Hall–Kier alpha value is -2.45. The highest BCUT2D eigenvalue weighted by molar-refractivity contribution is 5.92. The molecule has 0 bridgehead atoms. The molecular formula is C19H27N5O3. The number of hydrogen-bond donors (Lipinski definition) is 1. The van der Waals surface area contributed by atoms with Gasteiger partial charge in [0.15, 0.2) is 0 Å². The van der Waals surface area contributed by atoms with Gasteiger partial charge in [0.25, 0.3) is 11.5 Å². The van der Waals surface area contributed by atoms with E-state index in [2.05, 4.69) is 28.1 Å². The van der Waals surface area contributed by atoms with Crippen molar-refractivity contribution in [2.75, 3.05) is 33.3 Å². The molecule has 1 saturated heterocycles. The molecule has 1 atom stereocenters. The fraction of sp³-hybridized carbons (Fsp3) is 0.526. The van der Waals surface area contributed by atoms with Crippen molar-refractivity contribution in [1.29, 1.82) is 0 Å². The maximum atomic E-state index is 13.2. The van der Waals surface area contributed by atoms with Crippen LogP contribution in [0.1, 0.15) is 27.4 Å². The van der Waals surface area contributed by atoms with Gasteiger partial charge in [0, 0.05) is 50.7 Å². The zero-order chi connectivity index (χ0) is 19.6. The Morgan fingerprint density at radius 2 is 2.15 bits per heavy atom. The van der Waals surface area contributed by atoms with Crippen molar-refractivity contribution < 1.29 is 9.53 Å². The second-order valence-corrected chi connectivity index (χ2v) is 7.22. The summed E-state index contributed by atoms with van der Waals surface area (Å²) in [6.07, 6.45) is -0.0550. The van der Waals surface area contributed by atoms with E-state index in [1.165, 1.54) is 16.8 Å². The first-order chi connectivity index (χ1) is 12.8. The first-order valence-corrected chi connectivity index (χ1v) is 9.12. The third-order valence-corrected chi connectivity index (χ3v) is 4.85. The number of carbonyl (C=O) groups is 1. The van der Waals surface area contributed by atoms with Crippen LogP contribution in [0.4, 0.5) is 0 Å². The van der Waals surface area contributed by atoms with Gasteiger partial charge in [-0.2, -0.15) is 5.10 Å². The minimum Gasteiger partial charge on any atom is -0.374 e. The van der Waals surface area contributed by atoms with Crippen LogP contribution < -0.4 is 5.56 Å². The van der Waals surface area contributed by atoms with Crippen molar-refractivity contribution >= 4 is 5.91 Å². The highest BCUT2D eigenvalue weighted by Gasteiger charge is 2.26. The molecule has 2 aromatic rings. The molecule has 1 aliphatic heterocycles. The molecule has 0 aliphatic carbocycles. The molecule has 0 saturated carbocycles. The van der Waals surface area contributed by atoms with E-state index in [-0.39, 0.29) is 23.3 Å². The van der Waals surface area contributed by atoms with Gasteiger partial charge in [0.05, 0.1) is 12.7 Å². The Labute approximate surface area is 158 Å². The van der Waals surface area contributed by atoms with E-state index in [9.17, 15) is 9.59 Å². The molecule has 1 amide bonds. The third kappa shape index (κ3) is 4.64. The van der Waals surface area contributed by atoms with Crippen LogP contribution in [0.3, 0.4) is 0 Å². The van der Waals surface area contributed by atoms with Gasteiger partial charge in [-0.25, -0.2) is 4.68 Å². The smallest absolute Gasteiger partial charge is 0.274 e. The Morgan fingerprint density at radius 1 is 1.37 bits per heavy atom. The molecule has 1 aliphatic rings. The second kappa shape index (κ2) is 8.06. The Bertz CT molecular complexity index is 872. The highest BCUT2D eigenvalue weighted by Crippen LogP contribution is 2.16. The quantitative estimate of drug-likeness (QED) is 0.834. The van der Waals surface area contributed by atoms with Gasteiger partial charge in [-0.15, -0.1) is 0 Å². The van der Waals surface area contributed by atoms with Crippen LogP contribution in [0.2, 0.25) is 0 Å². The Balaban J connectivity index is 1.85. The number of rotatable bonds is 5. The lowest BCUT2D eigenvalue weighted by Crippen LogP contribution is -2.47. The van der Waals surface area contributed by atoms with Crippen molar-refractivity contribution in [3.8, 4) is 0 Å². The number of likely N-dealkylation sites (N-methyl/N-ethyl adjacent to an activating group) is 1. The summed E-state index contributed by atoms with van der Waals surface area (Å²) in [6.45, 7) is 7.25. The van der Waals surface area contributed by atoms with Gasteiger partial charge in [-0.1, -0.05) is 0 Å². The first-order valence-electron chi connectivity index (χ1n) is 9.12. The largest absolute Gasteiger partial charge is 0.374 e. The van der Waals surface area contributed by atoms with Crippen LogP contribution >= 0.6 is 0 Å². The van der Waals surface area contributed by atoms with E-state index in [0.717, 1.165) is 30.0 Å². The van der Waals surface area contributed by atoms with Crippen molar-refractivity contribution in [2.45, 2.75) is 26.5 Å². The molecule has 0 radical (unpaired) electrons. The van der Waals surface area contributed by atoms with Gasteiger partial charge in [0.2, 0.25) is 0 Å². The number of H-pyrrole nitrogens is 1. The number of aromatic amines is 1. The summed E-state index contributed by atoms with van der Waals surface area (Å²) in [7, 11) is 3.60. The zero-order valence-electron chi connectivity index (χ0n) is 16.4. The fourth-order valence-corrected chi connectivity index (χ4v) is 3.37. The van der Waals surface area contributed by atoms with Crippen molar-refractivity contribution in [2.24, 2.45) is 7.05 Å². The van der Waals surface area contributed by atoms with Gasteiger partial charge in [-0.05, 0) is 38.6 Å². The van der Waals surface area contributed by atoms with Crippen LogP contribution in [0, 0.1) is 13.8 Å². The predicted octanol–water partition coefficient (Wildman–Crippen LogP) is 0.698. The zero-order valence-corrected chi connectivity index (χ0v) is 16.4. The lowest BCUT2D eigenvalue weighted by molar-refractivity contribution is -0.0337. The molecule has 3 heterocycles. The van der Waals surface area contributed by atoms with E-state index in [1.807, 2.05) is 13.8 Å². The maximum absolute atomic E-state index is 13.2. The van der Waals surface area contributed by atoms with Gasteiger partial charge >= 0.3 is 0 Å². The van der Waals surface area contributed by atoms with Gasteiger partial charge in [0.1, 0.15) is 5.69 Å². The normalized spacial score (nSPS) is 17.9.